The molecule has 0 unspecified atom stereocenters. The molecule has 7 heteroatoms. The second-order valence-electron chi connectivity index (χ2n) is 9.32. The van der Waals surface area contributed by atoms with Crippen LogP contribution in [-0.4, -0.2) is 53.7 Å². The molecule has 0 aromatic carbocycles. The third kappa shape index (κ3) is 5.13. The van der Waals surface area contributed by atoms with Gasteiger partial charge in [0.05, 0.1) is 12.6 Å². The predicted molar refractivity (Wildman–Crippen MR) is 101 cm³/mol. The molecule has 3 fully saturated rings. The normalized spacial score (nSPS) is 32.8. The topological polar surface area (TPSA) is 94.5 Å². The first kappa shape index (κ1) is 19.9. The zero-order chi connectivity index (χ0) is 19.6. The highest BCUT2D eigenvalue weighted by Crippen LogP contribution is 2.45. The number of hydrogen-bond acceptors (Lipinski definition) is 5. The number of nitrogens with one attached hydrogen (secondary N) is 2. The van der Waals surface area contributed by atoms with Crippen LogP contribution in [0.1, 0.15) is 59.3 Å². The Morgan fingerprint density at radius 1 is 1.19 bits per heavy atom. The molecule has 150 valence electrons. The van der Waals surface area contributed by atoms with Crippen molar-refractivity contribution in [2.24, 2.45) is 11.8 Å². The summed E-state index contributed by atoms with van der Waals surface area (Å²) in [6.45, 7) is 6.84. The van der Waals surface area contributed by atoms with Crippen LogP contribution >= 0.6 is 0 Å². The fraction of sp³-hybridized carbons (Fsp3) is 0.850. The zero-order valence-corrected chi connectivity index (χ0v) is 16.7. The van der Waals surface area contributed by atoms with Crippen molar-refractivity contribution in [2.75, 3.05) is 13.1 Å². The summed E-state index contributed by atoms with van der Waals surface area (Å²) in [5.41, 5.74) is -0.285. The lowest BCUT2D eigenvalue weighted by atomic mass is 10.0. The van der Waals surface area contributed by atoms with Crippen molar-refractivity contribution in [3.8, 4) is 6.07 Å². The molecule has 0 aromatic rings. The Morgan fingerprint density at radius 2 is 1.85 bits per heavy atom. The van der Waals surface area contributed by atoms with E-state index in [1.807, 2.05) is 20.8 Å². The first-order chi connectivity index (χ1) is 12.7. The minimum absolute atomic E-state index is 0.00548. The number of ether oxygens (including phenoxy) is 1. The Morgan fingerprint density at radius 3 is 2.44 bits per heavy atom. The molecule has 27 heavy (non-hydrogen) atoms. The lowest BCUT2D eigenvalue weighted by Gasteiger charge is -2.23. The van der Waals surface area contributed by atoms with Gasteiger partial charge in [0.1, 0.15) is 12.1 Å². The third-order valence-electron chi connectivity index (χ3n) is 5.99. The smallest absolute Gasteiger partial charge is 0.407 e. The largest absolute Gasteiger partial charge is 0.446 e. The maximum absolute atomic E-state index is 12.4. The van der Waals surface area contributed by atoms with Crippen LogP contribution in [0.5, 0.6) is 0 Å². The number of rotatable bonds is 4. The molecule has 2 amide bonds. The summed E-state index contributed by atoms with van der Waals surface area (Å²) in [5.74, 6) is 1.16. The molecule has 0 radical (unpaired) electrons. The SMILES string of the molecule is CC(C)(C)NC(=O)O[C@H]1C[C@H]2C[C@@H](NCC(=O)N3CCC[C@H]3C#N)C[C@H]2C1. The molecule has 2 saturated carbocycles. The fourth-order valence-electron chi connectivity index (χ4n) is 4.84. The summed E-state index contributed by atoms with van der Waals surface area (Å²) >= 11 is 0. The highest BCUT2D eigenvalue weighted by molar-refractivity contribution is 5.79. The lowest BCUT2D eigenvalue weighted by molar-refractivity contribution is -0.130. The number of likely N-dealkylation sites (tertiary alicyclic amines) is 1. The van der Waals surface area contributed by atoms with E-state index in [9.17, 15) is 9.59 Å². The number of carbonyl (C=O) groups excluding carboxylic acids is 2. The van der Waals surface area contributed by atoms with E-state index in [-0.39, 0.29) is 29.7 Å². The second kappa shape index (κ2) is 8.05. The van der Waals surface area contributed by atoms with E-state index >= 15 is 0 Å². The summed E-state index contributed by atoms with van der Waals surface area (Å²) in [5, 5.41) is 15.4. The number of fused-ring (bicyclic) bond motifs is 1. The van der Waals surface area contributed by atoms with Gasteiger partial charge in [0.15, 0.2) is 0 Å². The van der Waals surface area contributed by atoms with Gasteiger partial charge >= 0.3 is 6.09 Å². The Labute approximate surface area is 161 Å². The van der Waals surface area contributed by atoms with Crippen molar-refractivity contribution in [3.05, 3.63) is 0 Å². The van der Waals surface area contributed by atoms with Crippen molar-refractivity contribution in [3.63, 3.8) is 0 Å². The van der Waals surface area contributed by atoms with Crippen molar-refractivity contribution in [1.82, 2.24) is 15.5 Å². The van der Waals surface area contributed by atoms with Crippen LogP contribution in [0.15, 0.2) is 0 Å². The molecule has 1 aliphatic heterocycles. The van der Waals surface area contributed by atoms with Gasteiger partial charge < -0.3 is 20.3 Å². The fourth-order valence-corrected chi connectivity index (χ4v) is 4.84. The van der Waals surface area contributed by atoms with Crippen molar-refractivity contribution >= 4 is 12.0 Å². The van der Waals surface area contributed by atoms with E-state index in [1.54, 1.807) is 4.90 Å². The van der Waals surface area contributed by atoms with Crippen LogP contribution in [0.25, 0.3) is 0 Å². The average Bonchev–Trinajstić information content (AvgIpc) is 3.24. The monoisotopic (exact) mass is 376 g/mol. The van der Waals surface area contributed by atoms with Crippen molar-refractivity contribution in [1.29, 1.82) is 5.26 Å². The Balaban J connectivity index is 1.38. The molecule has 0 aromatic heterocycles. The molecule has 0 spiro atoms. The van der Waals surface area contributed by atoms with Crippen LogP contribution in [0, 0.1) is 23.2 Å². The molecule has 2 N–H and O–H groups in total. The van der Waals surface area contributed by atoms with Gasteiger partial charge in [0.25, 0.3) is 0 Å². The van der Waals surface area contributed by atoms with Gasteiger partial charge in [-0.1, -0.05) is 0 Å². The van der Waals surface area contributed by atoms with Gasteiger partial charge in [-0.15, -0.1) is 0 Å². The van der Waals surface area contributed by atoms with Crippen LogP contribution in [0.4, 0.5) is 4.79 Å². The Bertz CT molecular complexity index is 595. The minimum Gasteiger partial charge on any atom is -0.446 e. The van der Waals surface area contributed by atoms with Crippen LogP contribution < -0.4 is 10.6 Å². The molecule has 5 atom stereocenters. The second-order valence-corrected chi connectivity index (χ2v) is 9.32. The minimum atomic E-state index is -0.328. The van der Waals surface area contributed by atoms with Gasteiger partial charge in [-0.05, 0) is 71.1 Å². The molecule has 1 heterocycles. The van der Waals surface area contributed by atoms with Crippen molar-refractivity contribution < 1.29 is 14.3 Å². The predicted octanol–water partition coefficient (Wildman–Crippen LogP) is 2.17. The lowest BCUT2D eigenvalue weighted by Crippen LogP contribution is -2.43. The summed E-state index contributed by atoms with van der Waals surface area (Å²) in [6, 6.07) is 2.31. The molecule has 2 aliphatic carbocycles. The molecule has 7 nitrogen and oxygen atoms in total. The van der Waals surface area contributed by atoms with E-state index in [4.69, 9.17) is 10.00 Å². The molecule has 3 aliphatic rings. The van der Waals surface area contributed by atoms with Gasteiger partial charge in [-0.3, -0.25) is 4.79 Å². The van der Waals surface area contributed by atoms with E-state index in [0.29, 0.717) is 31.0 Å². The van der Waals surface area contributed by atoms with Gasteiger partial charge in [0, 0.05) is 18.1 Å². The van der Waals surface area contributed by atoms with Crippen molar-refractivity contribution in [2.45, 2.75) is 83.0 Å². The Kier molecular flexibility index (Phi) is 5.95. The highest BCUT2D eigenvalue weighted by atomic mass is 16.6. The first-order valence-electron chi connectivity index (χ1n) is 10.2. The number of hydrogen-bond donors (Lipinski definition) is 2. The van der Waals surface area contributed by atoms with Crippen LogP contribution in [0.2, 0.25) is 0 Å². The van der Waals surface area contributed by atoms with Crippen LogP contribution in [0.3, 0.4) is 0 Å². The summed E-state index contributed by atoms with van der Waals surface area (Å²) < 4.78 is 5.59. The van der Waals surface area contributed by atoms with E-state index in [1.165, 1.54) is 0 Å². The molecular formula is C20H32N4O3. The third-order valence-corrected chi connectivity index (χ3v) is 5.99. The standard InChI is InChI=1S/C20H32N4O3/c1-20(2,3)23-19(26)27-17-9-13-7-15(8-14(13)10-17)22-12-18(25)24-6-4-5-16(24)11-21/h13-17,22H,4-10,12H2,1-3H3,(H,23,26)/t13-,14+,15-,16-,17+/m0/s1. The summed E-state index contributed by atoms with van der Waals surface area (Å²) in [6.07, 6.45) is 5.27. The first-order valence-corrected chi connectivity index (χ1v) is 10.2. The Hall–Kier alpha value is -1.81. The number of carbonyl (C=O) groups is 2. The zero-order valence-electron chi connectivity index (χ0n) is 16.7. The quantitative estimate of drug-likeness (QED) is 0.784. The van der Waals surface area contributed by atoms with Gasteiger partial charge in [0.2, 0.25) is 5.91 Å². The number of amides is 2. The number of nitrogens with zero attached hydrogens (tertiary/aromatic N) is 2. The number of nitriles is 1. The molecular weight excluding hydrogens is 344 g/mol. The highest BCUT2D eigenvalue weighted by Gasteiger charge is 2.43. The van der Waals surface area contributed by atoms with E-state index in [2.05, 4.69) is 16.7 Å². The maximum Gasteiger partial charge on any atom is 0.407 e. The summed E-state index contributed by atoms with van der Waals surface area (Å²) in [7, 11) is 0. The molecule has 1 saturated heterocycles. The summed E-state index contributed by atoms with van der Waals surface area (Å²) in [4.78, 5) is 26.0. The van der Waals surface area contributed by atoms with Gasteiger partial charge in [-0.2, -0.15) is 5.26 Å². The molecule has 3 rings (SSSR count). The molecule has 0 bridgehead atoms. The van der Waals surface area contributed by atoms with Gasteiger partial charge in [-0.25, -0.2) is 4.79 Å². The van der Waals surface area contributed by atoms with E-state index < -0.39 is 0 Å². The average molecular weight is 377 g/mol. The maximum atomic E-state index is 12.4. The number of alkyl carbamates (subject to hydrolysis) is 1. The van der Waals surface area contributed by atoms with E-state index in [0.717, 1.165) is 38.5 Å². The van der Waals surface area contributed by atoms with Crippen LogP contribution in [-0.2, 0) is 9.53 Å².